The van der Waals surface area contributed by atoms with Crippen LogP contribution >= 0.6 is 0 Å². The van der Waals surface area contributed by atoms with Gasteiger partial charge < -0.3 is 13.3 Å². The molecular weight excluding hydrogens is 508 g/mol. The summed E-state index contributed by atoms with van der Waals surface area (Å²) in [7, 11) is 0. The van der Waals surface area contributed by atoms with E-state index in [2.05, 4.69) is 24.3 Å². The van der Waals surface area contributed by atoms with Crippen molar-refractivity contribution < 1.29 is 13.3 Å². The van der Waals surface area contributed by atoms with Gasteiger partial charge in [0.15, 0.2) is 0 Å². The van der Waals surface area contributed by atoms with E-state index >= 15 is 0 Å². The molecule has 0 aliphatic carbocycles. The highest BCUT2D eigenvalue weighted by Crippen LogP contribution is 2.35. The summed E-state index contributed by atoms with van der Waals surface area (Å²) >= 11 is 0. The molecule has 41 heavy (non-hydrogen) atoms. The summed E-state index contributed by atoms with van der Waals surface area (Å²) in [6.07, 6.45) is 0. The van der Waals surface area contributed by atoms with E-state index in [1.54, 1.807) is 0 Å². The first-order chi connectivity index (χ1) is 20.2. The molecule has 0 saturated carbocycles. The van der Waals surface area contributed by atoms with Crippen LogP contribution in [0.1, 0.15) is 0 Å². The summed E-state index contributed by atoms with van der Waals surface area (Å²) in [5.74, 6) is 0. The molecular formula is C37H20O4. The first kappa shape index (κ1) is 22.2. The first-order valence-electron chi connectivity index (χ1n) is 13.5. The van der Waals surface area contributed by atoms with Crippen LogP contribution < -0.4 is 5.43 Å². The Labute approximate surface area is 232 Å². The summed E-state index contributed by atoms with van der Waals surface area (Å²) in [4.78, 5) is 13.9. The Hall–Kier alpha value is -5.61. The summed E-state index contributed by atoms with van der Waals surface area (Å²) in [5.41, 5.74) is 8.43. The minimum absolute atomic E-state index is 0.0466. The van der Waals surface area contributed by atoms with Gasteiger partial charge in [0, 0.05) is 21.5 Å². The quantitative estimate of drug-likeness (QED) is 0.210. The Balaban J connectivity index is 1.19. The van der Waals surface area contributed by atoms with Crippen molar-refractivity contribution in [2.45, 2.75) is 0 Å². The van der Waals surface area contributed by atoms with Gasteiger partial charge in [-0.15, -0.1) is 0 Å². The van der Waals surface area contributed by atoms with E-state index in [0.717, 1.165) is 66.1 Å². The van der Waals surface area contributed by atoms with Gasteiger partial charge in [0.2, 0.25) is 5.43 Å². The third-order valence-corrected chi connectivity index (χ3v) is 8.09. The molecule has 0 aliphatic heterocycles. The highest BCUT2D eigenvalue weighted by Gasteiger charge is 2.14. The number of hydrogen-bond acceptors (Lipinski definition) is 4. The monoisotopic (exact) mass is 528 g/mol. The van der Waals surface area contributed by atoms with Crippen LogP contribution in [0.5, 0.6) is 0 Å². The molecule has 3 heterocycles. The van der Waals surface area contributed by atoms with Crippen molar-refractivity contribution in [1.82, 2.24) is 0 Å². The molecule has 0 unspecified atom stereocenters. The van der Waals surface area contributed by atoms with Crippen LogP contribution in [0.3, 0.4) is 0 Å². The summed E-state index contributed by atoms with van der Waals surface area (Å²) in [6, 6.07) is 40.0. The second-order valence-corrected chi connectivity index (χ2v) is 10.5. The van der Waals surface area contributed by atoms with Gasteiger partial charge in [-0.25, -0.2) is 0 Å². The predicted molar refractivity (Wildman–Crippen MR) is 165 cm³/mol. The first-order valence-corrected chi connectivity index (χ1v) is 13.5. The van der Waals surface area contributed by atoms with E-state index in [0.29, 0.717) is 21.9 Å². The van der Waals surface area contributed by atoms with Crippen LogP contribution in [0.4, 0.5) is 0 Å². The van der Waals surface area contributed by atoms with E-state index in [1.165, 1.54) is 0 Å². The smallest absolute Gasteiger partial charge is 0.200 e. The molecule has 6 aromatic carbocycles. The number of fused-ring (bicyclic) bond motifs is 8. The molecule has 0 fully saturated rings. The Kier molecular flexibility index (Phi) is 4.44. The molecule has 0 bridgehead atoms. The van der Waals surface area contributed by atoms with Crippen LogP contribution in [0.2, 0.25) is 0 Å². The molecule has 4 nitrogen and oxygen atoms in total. The third kappa shape index (κ3) is 3.31. The van der Waals surface area contributed by atoms with Gasteiger partial charge in [0.25, 0.3) is 0 Å². The topological polar surface area (TPSA) is 56.5 Å². The van der Waals surface area contributed by atoms with Gasteiger partial charge in [-0.3, -0.25) is 4.79 Å². The van der Waals surface area contributed by atoms with Gasteiger partial charge in [0.1, 0.15) is 33.5 Å². The van der Waals surface area contributed by atoms with Crippen molar-refractivity contribution in [3.05, 3.63) is 132 Å². The van der Waals surface area contributed by atoms with E-state index in [1.807, 2.05) is 97.1 Å². The maximum Gasteiger partial charge on any atom is 0.200 e. The third-order valence-electron chi connectivity index (χ3n) is 8.09. The van der Waals surface area contributed by atoms with Crippen LogP contribution in [0, 0.1) is 0 Å². The van der Waals surface area contributed by atoms with E-state index in [9.17, 15) is 4.79 Å². The average Bonchev–Trinajstić information content (AvgIpc) is 3.58. The number of benzene rings is 6. The lowest BCUT2D eigenvalue weighted by molar-refractivity contribution is 0.660. The minimum Gasteiger partial charge on any atom is -0.456 e. The van der Waals surface area contributed by atoms with Gasteiger partial charge in [0.05, 0.1) is 10.8 Å². The summed E-state index contributed by atoms with van der Waals surface area (Å²) in [6.45, 7) is 0. The lowest BCUT2D eigenvalue weighted by Gasteiger charge is -2.07. The van der Waals surface area contributed by atoms with E-state index in [4.69, 9.17) is 13.3 Å². The lowest BCUT2D eigenvalue weighted by Crippen LogP contribution is -2.02. The zero-order chi connectivity index (χ0) is 27.1. The van der Waals surface area contributed by atoms with Crippen LogP contribution in [0.25, 0.3) is 88.1 Å². The van der Waals surface area contributed by atoms with Gasteiger partial charge in [-0.1, -0.05) is 60.7 Å². The molecule has 0 amide bonds. The van der Waals surface area contributed by atoms with Crippen LogP contribution in [-0.2, 0) is 0 Å². The molecule has 0 radical (unpaired) electrons. The predicted octanol–water partition coefficient (Wildman–Crippen LogP) is 10.1. The van der Waals surface area contributed by atoms with Crippen molar-refractivity contribution in [2.24, 2.45) is 0 Å². The van der Waals surface area contributed by atoms with Crippen molar-refractivity contribution in [3.8, 4) is 22.3 Å². The molecule has 9 aromatic rings. The Morgan fingerprint density at radius 1 is 0.317 bits per heavy atom. The summed E-state index contributed by atoms with van der Waals surface area (Å²) < 4.78 is 18.2. The fourth-order valence-corrected chi connectivity index (χ4v) is 6.03. The van der Waals surface area contributed by atoms with Crippen molar-refractivity contribution in [1.29, 1.82) is 0 Å². The molecule has 192 valence electrons. The van der Waals surface area contributed by atoms with Crippen molar-refractivity contribution >= 4 is 65.8 Å². The van der Waals surface area contributed by atoms with E-state index < -0.39 is 0 Å². The highest BCUT2D eigenvalue weighted by atomic mass is 16.3. The molecule has 9 rings (SSSR count). The number of hydrogen-bond donors (Lipinski definition) is 0. The van der Waals surface area contributed by atoms with E-state index in [-0.39, 0.29) is 5.43 Å². The number of furan rings is 2. The molecule has 4 heteroatoms. The fourth-order valence-electron chi connectivity index (χ4n) is 6.03. The molecule has 0 aliphatic rings. The maximum absolute atomic E-state index is 13.9. The maximum atomic E-state index is 13.9. The summed E-state index contributed by atoms with van der Waals surface area (Å²) in [5, 5.41) is 5.36. The zero-order valence-electron chi connectivity index (χ0n) is 21.7. The normalized spacial score (nSPS) is 12.0. The zero-order valence-corrected chi connectivity index (χ0v) is 21.7. The van der Waals surface area contributed by atoms with Crippen LogP contribution in [-0.4, -0.2) is 0 Å². The molecule has 0 saturated heterocycles. The molecule has 0 spiro atoms. The van der Waals surface area contributed by atoms with Crippen LogP contribution in [0.15, 0.2) is 139 Å². The molecule has 0 N–H and O–H groups in total. The van der Waals surface area contributed by atoms with Gasteiger partial charge in [-0.2, -0.15) is 0 Å². The lowest BCUT2D eigenvalue weighted by atomic mass is 9.99. The average molecular weight is 529 g/mol. The number of rotatable bonds is 2. The minimum atomic E-state index is -0.0466. The van der Waals surface area contributed by atoms with Crippen molar-refractivity contribution in [3.63, 3.8) is 0 Å². The second-order valence-electron chi connectivity index (χ2n) is 10.5. The Morgan fingerprint density at radius 3 is 1.05 bits per heavy atom. The Bertz CT molecular complexity index is 2390. The SMILES string of the molecule is O=c1c2cc(-c3ccc4oc5ccccc5c4c3)ccc2oc2ccc(-c3ccc4oc5ccccc5c4c3)cc12. The van der Waals surface area contributed by atoms with Gasteiger partial charge >= 0.3 is 0 Å². The molecule has 0 atom stereocenters. The largest absolute Gasteiger partial charge is 0.456 e. The van der Waals surface area contributed by atoms with Crippen molar-refractivity contribution in [2.75, 3.05) is 0 Å². The fraction of sp³-hybridized carbons (Fsp3) is 0. The molecule has 3 aromatic heterocycles. The standard InChI is InChI=1S/C37H20O4/c38-37-29-19-23(21-9-13-33-27(17-21)25-5-1-3-7-31(25)39-33)11-15-35(29)41-36-16-12-24(20-30(36)37)22-10-14-34-28(18-22)26-6-2-4-8-32(26)40-34/h1-20H. The van der Waals surface area contributed by atoms with Gasteiger partial charge in [-0.05, 0) is 82.9 Å². The Morgan fingerprint density at radius 2 is 0.634 bits per heavy atom. The number of para-hydroxylation sites is 2. The highest BCUT2D eigenvalue weighted by molar-refractivity contribution is 6.07. The second kappa shape index (κ2) is 8.20.